The summed E-state index contributed by atoms with van der Waals surface area (Å²) in [5.41, 5.74) is 0. The first-order valence-corrected chi connectivity index (χ1v) is 6.44. The van der Waals surface area contributed by atoms with E-state index in [9.17, 15) is 18.0 Å². The molecule has 1 heterocycles. The minimum Gasteiger partial charge on any atom is -0.480 e. The van der Waals surface area contributed by atoms with E-state index in [1.807, 2.05) is 0 Å². The minimum absolute atomic E-state index is 0.0504. The minimum atomic E-state index is -3.31. The molecule has 0 saturated carbocycles. The van der Waals surface area contributed by atoms with Crippen LogP contribution in [0.3, 0.4) is 0 Å². The molecule has 0 aromatic carbocycles. The number of carbonyl (C=O) groups excluding carboxylic acids is 1. The number of rotatable bonds is 4. The summed E-state index contributed by atoms with van der Waals surface area (Å²) in [4.78, 5) is 21.8. The van der Waals surface area contributed by atoms with Crippen molar-refractivity contribution in [1.29, 1.82) is 0 Å². The van der Waals surface area contributed by atoms with E-state index in [0.29, 0.717) is 13.0 Å². The number of hydrogen-bond donors (Lipinski definition) is 2. The summed E-state index contributed by atoms with van der Waals surface area (Å²) in [5, 5.41) is 10.7. The first-order valence-electron chi connectivity index (χ1n) is 4.83. The molecule has 2 N–H and O–H groups in total. The van der Waals surface area contributed by atoms with Crippen molar-refractivity contribution in [2.45, 2.75) is 19.4 Å². The Morgan fingerprint density at radius 2 is 2.12 bits per heavy atom. The zero-order valence-electron chi connectivity index (χ0n) is 8.84. The molecular weight excluding hydrogens is 236 g/mol. The second-order valence-corrected chi connectivity index (χ2v) is 5.72. The summed E-state index contributed by atoms with van der Waals surface area (Å²) in [6.07, 6.45) is 0.504. The number of nitrogens with one attached hydrogen (secondary N) is 1. The fourth-order valence-corrected chi connectivity index (χ4v) is 2.85. The summed E-state index contributed by atoms with van der Waals surface area (Å²) in [5.74, 6) is -1.70. The molecule has 0 radical (unpaired) electrons. The van der Waals surface area contributed by atoms with E-state index in [1.54, 1.807) is 0 Å². The van der Waals surface area contributed by atoms with Gasteiger partial charge in [0, 0.05) is 6.54 Å². The van der Waals surface area contributed by atoms with E-state index in [4.69, 9.17) is 5.11 Å². The maximum Gasteiger partial charge on any atom is 0.325 e. The van der Waals surface area contributed by atoms with Crippen LogP contribution in [-0.2, 0) is 19.6 Å². The number of carboxylic acids is 1. The first kappa shape index (κ1) is 12.9. The van der Waals surface area contributed by atoms with E-state index in [-0.39, 0.29) is 12.3 Å². The Labute approximate surface area is 93.5 Å². The van der Waals surface area contributed by atoms with Crippen molar-refractivity contribution in [3.05, 3.63) is 0 Å². The van der Waals surface area contributed by atoms with Gasteiger partial charge in [-0.2, -0.15) is 4.31 Å². The van der Waals surface area contributed by atoms with Crippen molar-refractivity contribution in [2.24, 2.45) is 0 Å². The quantitative estimate of drug-likeness (QED) is 0.639. The monoisotopic (exact) mass is 250 g/mol. The molecule has 7 nitrogen and oxygen atoms in total. The van der Waals surface area contributed by atoms with Gasteiger partial charge in [0.1, 0.15) is 6.04 Å². The Kier molecular flexibility index (Phi) is 3.87. The third-order valence-electron chi connectivity index (χ3n) is 2.27. The summed E-state index contributed by atoms with van der Waals surface area (Å²) >= 11 is 0. The van der Waals surface area contributed by atoms with Crippen LogP contribution >= 0.6 is 0 Å². The molecule has 1 aliphatic heterocycles. The Bertz CT molecular complexity index is 391. The predicted molar refractivity (Wildman–Crippen MR) is 55.2 cm³/mol. The highest BCUT2D eigenvalue weighted by molar-refractivity contribution is 7.89. The topological polar surface area (TPSA) is 104 Å². The molecule has 8 heteroatoms. The second kappa shape index (κ2) is 4.79. The number of sulfonamides is 1. The third-order valence-corrected chi connectivity index (χ3v) is 4.17. The van der Waals surface area contributed by atoms with E-state index >= 15 is 0 Å². The van der Waals surface area contributed by atoms with Gasteiger partial charge in [0.05, 0.1) is 12.3 Å². The van der Waals surface area contributed by atoms with Gasteiger partial charge < -0.3 is 10.4 Å². The average molecular weight is 250 g/mol. The molecule has 0 aromatic heterocycles. The lowest BCUT2D eigenvalue weighted by atomic mass is 10.3. The van der Waals surface area contributed by atoms with Crippen LogP contribution in [-0.4, -0.2) is 54.6 Å². The average Bonchev–Trinajstić information content (AvgIpc) is 2.45. The molecule has 1 atom stereocenters. The number of aliphatic carboxylic acids is 1. The highest BCUT2D eigenvalue weighted by Gasteiger charge is 2.30. The zero-order valence-corrected chi connectivity index (χ0v) is 9.66. The summed E-state index contributed by atoms with van der Waals surface area (Å²) in [7, 11) is -3.31. The van der Waals surface area contributed by atoms with E-state index < -0.39 is 27.9 Å². The van der Waals surface area contributed by atoms with Crippen molar-refractivity contribution >= 4 is 21.9 Å². The maximum atomic E-state index is 11.3. The summed E-state index contributed by atoms with van der Waals surface area (Å²) < 4.78 is 23.8. The van der Waals surface area contributed by atoms with Gasteiger partial charge in [-0.3, -0.25) is 9.59 Å². The molecule has 16 heavy (non-hydrogen) atoms. The van der Waals surface area contributed by atoms with Crippen LogP contribution in [0.5, 0.6) is 0 Å². The SMILES string of the molecule is C[C@H](NC(=O)CN1CCCS1(=O)=O)C(=O)O. The second-order valence-electron chi connectivity index (χ2n) is 3.63. The van der Waals surface area contributed by atoms with Crippen LogP contribution in [0.1, 0.15) is 13.3 Å². The fraction of sp³-hybridized carbons (Fsp3) is 0.750. The smallest absolute Gasteiger partial charge is 0.325 e. The van der Waals surface area contributed by atoms with Gasteiger partial charge in [-0.25, -0.2) is 8.42 Å². The highest BCUT2D eigenvalue weighted by Crippen LogP contribution is 2.12. The number of amides is 1. The molecule has 0 spiro atoms. The maximum absolute atomic E-state index is 11.3. The standard InChI is InChI=1S/C8H14N2O5S/c1-6(8(12)13)9-7(11)5-10-3-2-4-16(10,14)15/h6H,2-5H2,1H3,(H,9,11)(H,12,13)/t6-/m0/s1. The number of carbonyl (C=O) groups is 2. The van der Waals surface area contributed by atoms with Gasteiger partial charge in [0.25, 0.3) is 0 Å². The van der Waals surface area contributed by atoms with Crippen molar-refractivity contribution in [1.82, 2.24) is 9.62 Å². The summed E-state index contributed by atoms with van der Waals surface area (Å²) in [6, 6.07) is -1.02. The number of carboxylic acid groups (broad SMARTS) is 1. The molecule has 0 aliphatic carbocycles. The van der Waals surface area contributed by atoms with Crippen LogP contribution in [0.15, 0.2) is 0 Å². The lowest BCUT2D eigenvalue weighted by Crippen LogP contribution is -2.44. The molecule has 1 rings (SSSR count). The molecular formula is C8H14N2O5S. The fourth-order valence-electron chi connectivity index (χ4n) is 1.38. The highest BCUT2D eigenvalue weighted by atomic mass is 32.2. The van der Waals surface area contributed by atoms with E-state index in [1.165, 1.54) is 6.92 Å². The largest absolute Gasteiger partial charge is 0.480 e. The molecule has 92 valence electrons. The van der Waals surface area contributed by atoms with Gasteiger partial charge in [-0.15, -0.1) is 0 Å². The van der Waals surface area contributed by atoms with Crippen LogP contribution in [0.2, 0.25) is 0 Å². The van der Waals surface area contributed by atoms with Gasteiger partial charge in [-0.1, -0.05) is 0 Å². The van der Waals surface area contributed by atoms with Crippen LogP contribution in [0.25, 0.3) is 0 Å². The number of nitrogens with zero attached hydrogens (tertiary/aromatic N) is 1. The Morgan fingerprint density at radius 3 is 2.56 bits per heavy atom. The molecule has 1 fully saturated rings. The molecule has 1 saturated heterocycles. The summed E-state index contributed by atoms with van der Waals surface area (Å²) in [6.45, 7) is 1.33. The zero-order chi connectivity index (χ0) is 12.3. The van der Waals surface area contributed by atoms with Gasteiger partial charge in [-0.05, 0) is 13.3 Å². The Balaban J connectivity index is 2.49. The Hall–Kier alpha value is -1.15. The van der Waals surface area contributed by atoms with Crippen LogP contribution in [0, 0.1) is 0 Å². The van der Waals surface area contributed by atoms with E-state index in [2.05, 4.69) is 5.32 Å². The van der Waals surface area contributed by atoms with Gasteiger partial charge in [0.15, 0.2) is 0 Å². The van der Waals surface area contributed by atoms with Gasteiger partial charge >= 0.3 is 5.97 Å². The normalized spacial score (nSPS) is 21.6. The predicted octanol–water partition coefficient (Wildman–Crippen LogP) is -1.39. The molecule has 0 bridgehead atoms. The van der Waals surface area contributed by atoms with Crippen molar-refractivity contribution in [2.75, 3.05) is 18.8 Å². The van der Waals surface area contributed by atoms with E-state index in [0.717, 1.165) is 4.31 Å². The molecule has 1 aliphatic rings. The molecule has 0 unspecified atom stereocenters. The van der Waals surface area contributed by atoms with Crippen molar-refractivity contribution in [3.63, 3.8) is 0 Å². The lowest BCUT2D eigenvalue weighted by Gasteiger charge is -2.15. The Morgan fingerprint density at radius 1 is 1.50 bits per heavy atom. The third kappa shape index (κ3) is 3.17. The first-order chi connectivity index (χ1) is 7.33. The lowest BCUT2D eigenvalue weighted by molar-refractivity contribution is -0.141. The molecule has 1 amide bonds. The van der Waals surface area contributed by atoms with Crippen molar-refractivity contribution in [3.8, 4) is 0 Å². The van der Waals surface area contributed by atoms with Crippen LogP contribution in [0.4, 0.5) is 0 Å². The van der Waals surface area contributed by atoms with Crippen molar-refractivity contribution < 1.29 is 23.1 Å². The number of hydrogen-bond acceptors (Lipinski definition) is 4. The molecule has 0 aromatic rings. The van der Waals surface area contributed by atoms with Crippen LogP contribution < -0.4 is 5.32 Å². The van der Waals surface area contributed by atoms with Gasteiger partial charge in [0.2, 0.25) is 15.9 Å².